The Kier molecular flexibility index (Phi) is 5.49. The number of ether oxygens (including phenoxy) is 1. The van der Waals surface area contributed by atoms with Gasteiger partial charge in [0.25, 0.3) is 0 Å². The van der Waals surface area contributed by atoms with Crippen LogP contribution in [0.15, 0.2) is 41.1 Å². The Morgan fingerprint density at radius 2 is 2.06 bits per heavy atom. The van der Waals surface area contributed by atoms with Crippen LogP contribution in [-0.4, -0.2) is 59.6 Å². The molecule has 3 aromatic heterocycles. The average Bonchev–Trinajstić information content (AvgIpc) is 3.58. The second-order valence-electron chi connectivity index (χ2n) is 9.33. The van der Waals surface area contributed by atoms with E-state index in [1.165, 1.54) is 0 Å². The second-order valence-corrected chi connectivity index (χ2v) is 11.4. The molecule has 0 saturated carbocycles. The number of nitrogens with one attached hydrogen (secondary N) is 1. The first-order chi connectivity index (χ1) is 17.4. The highest BCUT2D eigenvalue weighted by Gasteiger charge is 2.36. The predicted octanol–water partition coefficient (Wildman–Crippen LogP) is 3.20. The van der Waals surface area contributed by atoms with Crippen LogP contribution in [0.5, 0.6) is 5.75 Å². The first kappa shape index (κ1) is 23.0. The molecule has 11 heteroatoms. The second kappa shape index (κ2) is 8.59. The zero-order valence-corrected chi connectivity index (χ0v) is 21.2. The molecule has 2 aliphatic heterocycles. The van der Waals surface area contributed by atoms with Crippen LogP contribution in [0.25, 0.3) is 22.2 Å². The number of benzene rings is 1. The van der Waals surface area contributed by atoms with Gasteiger partial charge in [0.1, 0.15) is 23.9 Å². The van der Waals surface area contributed by atoms with Crippen LogP contribution in [0.1, 0.15) is 36.5 Å². The van der Waals surface area contributed by atoms with Crippen LogP contribution in [0, 0.1) is 13.8 Å². The van der Waals surface area contributed by atoms with Crippen LogP contribution in [0.2, 0.25) is 0 Å². The lowest BCUT2D eigenvalue weighted by Gasteiger charge is -2.30. The number of imidazole rings is 1. The van der Waals surface area contributed by atoms with Gasteiger partial charge in [-0.3, -0.25) is 9.55 Å². The minimum absolute atomic E-state index is 0.0644. The lowest BCUT2D eigenvalue weighted by Crippen LogP contribution is -2.38. The van der Waals surface area contributed by atoms with Gasteiger partial charge in [0, 0.05) is 30.9 Å². The molecule has 2 atom stereocenters. The van der Waals surface area contributed by atoms with Gasteiger partial charge in [0.2, 0.25) is 16.0 Å². The number of nitrogens with zero attached hydrogens (tertiary/aromatic N) is 5. The number of aromatic nitrogens is 4. The van der Waals surface area contributed by atoms with E-state index < -0.39 is 10.0 Å². The zero-order valence-electron chi connectivity index (χ0n) is 20.4. The van der Waals surface area contributed by atoms with Gasteiger partial charge < -0.3 is 14.2 Å². The van der Waals surface area contributed by atoms with Gasteiger partial charge in [-0.05, 0) is 51.5 Å². The van der Waals surface area contributed by atoms with Crippen LogP contribution >= 0.6 is 0 Å². The minimum atomic E-state index is -3.29. The van der Waals surface area contributed by atoms with Crippen molar-refractivity contribution in [1.82, 2.24) is 24.4 Å². The van der Waals surface area contributed by atoms with Crippen molar-refractivity contribution in [2.24, 2.45) is 0 Å². The Labute approximate surface area is 209 Å². The van der Waals surface area contributed by atoms with E-state index in [-0.39, 0.29) is 17.8 Å². The molecule has 1 fully saturated rings. The maximum absolute atomic E-state index is 12.2. The highest BCUT2D eigenvalue weighted by Crippen LogP contribution is 2.46. The van der Waals surface area contributed by atoms with Crippen LogP contribution in [0.4, 0.5) is 5.95 Å². The number of pyridine rings is 1. The monoisotopic (exact) mass is 508 g/mol. The molecule has 10 nitrogen and oxygen atoms in total. The number of sulfonamides is 1. The molecular formula is C25H28N6O4S. The third-order valence-electron chi connectivity index (χ3n) is 7.01. The Bertz CT molecular complexity index is 1530. The maximum atomic E-state index is 12.2. The quantitative estimate of drug-likeness (QED) is 0.422. The normalized spacial score (nSPS) is 19.7. The molecule has 0 unspecified atom stereocenters. The van der Waals surface area contributed by atoms with E-state index >= 15 is 0 Å². The Balaban J connectivity index is 1.50. The maximum Gasteiger partial charge on any atom is 0.211 e. The summed E-state index contributed by atoms with van der Waals surface area (Å²) >= 11 is 0. The molecule has 188 valence electrons. The molecular weight excluding hydrogens is 480 g/mol. The molecule has 0 radical (unpaired) electrons. The largest absolute Gasteiger partial charge is 0.488 e. The van der Waals surface area contributed by atoms with Gasteiger partial charge in [-0.15, -0.1) is 0 Å². The number of rotatable bonds is 6. The SMILES string of the molecule is CCS(=O)(=O)N[C@@H]1CCN(c2nc3ccc(-c4c(C)noc4C)c4c3n2[C@@H](c2ccccn2)CO4)C1. The highest BCUT2D eigenvalue weighted by atomic mass is 32.2. The molecule has 0 bridgehead atoms. The van der Waals surface area contributed by atoms with E-state index in [1.54, 1.807) is 13.1 Å². The van der Waals surface area contributed by atoms with Gasteiger partial charge in [-0.1, -0.05) is 11.2 Å². The fourth-order valence-corrected chi connectivity index (χ4v) is 6.14. The number of hydrogen-bond donors (Lipinski definition) is 1. The lowest BCUT2D eigenvalue weighted by molar-refractivity contribution is 0.258. The first-order valence-corrected chi connectivity index (χ1v) is 13.8. The molecule has 0 spiro atoms. The van der Waals surface area contributed by atoms with E-state index in [1.807, 2.05) is 44.2 Å². The fraction of sp³-hybridized carbons (Fsp3) is 0.400. The molecule has 5 heterocycles. The number of hydrogen-bond acceptors (Lipinski definition) is 8. The van der Waals surface area contributed by atoms with Crippen molar-refractivity contribution in [2.75, 3.05) is 30.3 Å². The molecule has 1 aromatic carbocycles. The van der Waals surface area contributed by atoms with E-state index in [9.17, 15) is 8.42 Å². The standard InChI is InChI=1S/C25H28N6O4S/c1-4-36(32,33)29-17-10-12-30(13-17)25-27-20-9-8-18(22-15(2)28-35-16(22)3)24-23(20)31(25)21(14-34-24)19-7-5-6-11-26-19/h5-9,11,17,21,29H,4,10,12-14H2,1-3H3/t17-,21-/m1/s1. The average molecular weight is 509 g/mol. The molecule has 2 aliphatic rings. The summed E-state index contributed by atoms with van der Waals surface area (Å²) in [4.78, 5) is 11.8. The topological polar surface area (TPSA) is 115 Å². The summed E-state index contributed by atoms with van der Waals surface area (Å²) in [5.74, 6) is 2.33. The lowest BCUT2D eigenvalue weighted by atomic mass is 10.0. The summed E-state index contributed by atoms with van der Waals surface area (Å²) in [6.07, 6.45) is 2.49. The van der Waals surface area contributed by atoms with Crippen molar-refractivity contribution in [1.29, 1.82) is 0 Å². The molecule has 36 heavy (non-hydrogen) atoms. The van der Waals surface area contributed by atoms with Crippen molar-refractivity contribution in [3.05, 3.63) is 53.7 Å². The summed E-state index contributed by atoms with van der Waals surface area (Å²) in [5, 5.41) is 4.14. The molecule has 0 amide bonds. The van der Waals surface area contributed by atoms with Gasteiger partial charge >= 0.3 is 0 Å². The molecule has 6 rings (SSSR count). The summed E-state index contributed by atoms with van der Waals surface area (Å²) in [5.41, 5.74) is 5.23. The van der Waals surface area contributed by atoms with Gasteiger partial charge in [0.15, 0.2) is 5.75 Å². The number of aryl methyl sites for hydroxylation is 2. The van der Waals surface area contributed by atoms with E-state index in [0.717, 1.165) is 51.0 Å². The summed E-state index contributed by atoms with van der Waals surface area (Å²) < 4.78 is 41.2. The molecule has 4 aromatic rings. The van der Waals surface area contributed by atoms with Gasteiger partial charge in [0.05, 0.1) is 28.2 Å². The third-order valence-corrected chi connectivity index (χ3v) is 8.47. The minimum Gasteiger partial charge on any atom is -0.488 e. The summed E-state index contributed by atoms with van der Waals surface area (Å²) in [7, 11) is -3.29. The number of anilines is 1. The first-order valence-electron chi connectivity index (χ1n) is 12.1. The zero-order chi connectivity index (χ0) is 25.0. The molecule has 1 N–H and O–H groups in total. The summed E-state index contributed by atoms with van der Waals surface area (Å²) in [6, 6.07) is 9.53. The fourth-order valence-electron chi connectivity index (χ4n) is 5.28. The molecule has 1 saturated heterocycles. The van der Waals surface area contributed by atoms with E-state index in [0.29, 0.717) is 26.1 Å². The van der Waals surface area contributed by atoms with Gasteiger partial charge in [-0.2, -0.15) is 0 Å². The predicted molar refractivity (Wildman–Crippen MR) is 136 cm³/mol. The van der Waals surface area contributed by atoms with E-state index in [4.69, 9.17) is 14.2 Å². The van der Waals surface area contributed by atoms with Crippen molar-refractivity contribution in [2.45, 2.75) is 39.3 Å². The van der Waals surface area contributed by atoms with Crippen molar-refractivity contribution < 1.29 is 17.7 Å². The van der Waals surface area contributed by atoms with Gasteiger partial charge in [-0.25, -0.2) is 18.1 Å². The van der Waals surface area contributed by atoms with Crippen LogP contribution in [0.3, 0.4) is 0 Å². The molecule has 0 aliphatic carbocycles. The highest BCUT2D eigenvalue weighted by molar-refractivity contribution is 7.89. The van der Waals surface area contributed by atoms with Crippen LogP contribution < -0.4 is 14.4 Å². The van der Waals surface area contributed by atoms with Crippen molar-refractivity contribution in [3.63, 3.8) is 0 Å². The Hall–Kier alpha value is -3.44. The third kappa shape index (κ3) is 3.73. The van der Waals surface area contributed by atoms with Crippen molar-refractivity contribution >= 4 is 27.0 Å². The Morgan fingerprint density at radius 1 is 1.19 bits per heavy atom. The van der Waals surface area contributed by atoms with Crippen molar-refractivity contribution in [3.8, 4) is 16.9 Å². The van der Waals surface area contributed by atoms with Crippen LogP contribution in [-0.2, 0) is 10.0 Å². The summed E-state index contributed by atoms with van der Waals surface area (Å²) in [6.45, 7) is 7.11. The smallest absolute Gasteiger partial charge is 0.211 e. The van der Waals surface area contributed by atoms with E-state index in [2.05, 4.69) is 24.3 Å². The Morgan fingerprint density at radius 3 is 2.78 bits per heavy atom.